The highest BCUT2D eigenvalue weighted by atomic mass is 16.8. The summed E-state index contributed by atoms with van der Waals surface area (Å²) in [5.41, 5.74) is 3.79. The number of hydrogen-bond donors (Lipinski definition) is 1. The maximum absolute atomic E-state index is 11.8. The molecule has 0 radical (unpaired) electrons. The zero-order valence-electron chi connectivity index (χ0n) is 11.8. The molecular formula is C15H11N5O3. The van der Waals surface area contributed by atoms with Gasteiger partial charge in [0.2, 0.25) is 5.69 Å². The lowest BCUT2D eigenvalue weighted by Crippen LogP contribution is -2.28. The standard InChI is InChI=1S/C15H11N5O3/c21-15(12-7-4-8-16-9-12)18-17-10-13-14(19-23-20(13)22)11-5-2-1-3-6-11/h1-10H,(H,18,21)/b17-10+. The van der Waals surface area contributed by atoms with Gasteiger partial charge < -0.3 is 5.21 Å². The van der Waals surface area contributed by atoms with E-state index < -0.39 is 5.91 Å². The van der Waals surface area contributed by atoms with Crippen LogP contribution in [0.5, 0.6) is 0 Å². The molecular weight excluding hydrogens is 298 g/mol. The van der Waals surface area contributed by atoms with Crippen molar-refractivity contribution in [3.8, 4) is 11.3 Å². The third-order valence-electron chi connectivity index (χ3n) is 2.97. The van der Waals surface area contributed by atoms with Crippen LogP contribution in [0.15, 0.2) is 64.6 Å². The van der Waals surface area contributed by atoms with Crippen molar-refractivity contribution in [3.05, 3.63) is 71.3 Å². The van der Waals surface area contributed by atoms with Crippen LogP contribution in [0.4, 0.5) is 0 Å². The molecule has 8 nitrogen and oxygen atoms in total. The van der Waals surface area contributed by atoms with Gasteiger partial charge in [0.1, 0.15) is 6.21 Å². The van der Waals surface area contributed by atoms with E-state index in [0.29, 0.717) is 16.8 Å². The predicted molar refractivity (Wildman–Crippen MR) is 80.2 cm³/mol. The highest BCUT2D eigenvalue weighted by molar-refractivity contribution is 5.94. The number of pyridine rings is 1. The second-order valence-electron chi connectivity index (χ2n) is 4.47. The van der Waals surface area contributed by atoms with Gasteiger partial charge in [0.05, 0.1) is 5.56 Å². The monoisotopic (exact) mass is 309 g/mol. The highest BCUT2D eigenvalue weighted by Gasteiger charge is 2.19. The number of carbonyl (C=O) groups is 1. The summed E-state index contributed by atoms with van der Waals surface area (Å²) < 4.78 is 4.59. The van der Waals surface area contributed by atoms with Crippen molar-refractivity contribution in [2.24, 2.45) is 5.10 Å². The van der Waals surface area contributed by atoms with Crippen LogP contribution in [0.1, 0.15) is 16.1 Å². The normalized spacial score (nSPS) is 10.8. The highest BCUT2D eigenvalue weighted by Crippen LogP contribution is 2.17. The number of hydrogen-bond acceptors (Lipinski definition) is 6. The van der Waals surface area contributed by atoms with Crippen molar-refractivity contribution < 1.29 is 14.3 Å². The number of carbonyl (C=O) groups excluding carboxylic acids is 1. The summed E-state index contributed by atoms with van der Waals surface area (Å²) in [6.07, 6.45) is 4.15. The maximum atomic E-state index is 11.8. The van der Waals surface area contributed by atoms with Crippen molar-refractivity contribution in [1.82, 2.24) is 15.6 Å². The maximum Gasteiger partial charge on any atom is 0.272 e. The van der Waals surface area contributed by atoms with E-state index in [0.717, 1.165) is 0 Å². The molecule has 8 heteroatoms. The summed E-state index contributed by atoms with van der Waals surface area (Å²) in [5.74, 6) is -0.440. The zero-order valence-corrected chi connectivity index (χ0v) is 11.8. The Morgan fingerprint density at radius 2 is 2.09 bits per heavy atom. The minimum absolute atomic E-state index is 0.0858. The number of amides is 1. The summed E-state index contributed by atoms with van der Waals surface area (Å²) in [5, 5.41) is 19.1. The molecule has 0 aliphatic rings. The van der Waals surface area contributed by atoms with Crippen molar-refractivity contribution in [3.63, 3.8) is 0 Å². The van der Waals surface area contributed by atoms with Crippen molar-refractivity contribution in [1.29, 1.82) is 0 Å². The topological polar surface area (TPSA) is 107 Å². The first kappa shape index (κ1) is 14.4. The molecule has 1 N–H and O–H groups in total. The molecule has 0 atom stereocenters. The average molecular weight is 309 g/mol. The molecule has 0 fully saturated rings. The summed E-state index contributed by atoms with van der Waals surface area (Å²) >= 11 is 0. The summed E-state index contributed by atoms with van der Waals surface area (Å²) in [6, 6.07) is 12.3. The fraction of sp³-hybridized carbons (Fsp3) is 0. The first-order chi connectivity index (χ1) is 11.3. The number of hydrazone groups is 1. The third kappa shape index (κ3) is 3.21. The Morgan fingerprint density at radius 1 is 1.26 bits per heavy atom. The second kappa shape index (κ2) is 6.48. The van der Waals surface area contributed by atoms with Crippen molar-refractivity contribution in [2.75, 3.05) is 0 Å². The Labute approximate surface area is 130 Å². The van der Waals surface area contributed by atoms with Gasteiger partial charge in [-0.2, -0.15) is 5.10 Å². The molecule has 0 aliphatic carbocycles. The number of nitrogens with zero attached hydrogens (tertiary/aromatic N) is 4. The summed E-state index contributed by atoms with van der Waals surface area (Å²) in [7, 11) is 0. The molecule has 1 aromatic carbocycles. The second-order valence-corrected chi connectivity index (χ2v) is 4.47. The zero-order chi connectivity index (χ0) is 16.1. The van der Waals surface area contributed by atoms with Crippen molar-refractivity contribution in [2.45, 2.75) is 0 Å². The van der Waals surface area contributed by atoms with E-state index in [4.69, 9.17) is 0 Å². The van der Waals surface area contributed by atoms with Crippen LogP contribution >= 0.6 is 0 Å². The quantitative estimate of drug-likeness (QED) is 0.441. The van der Waals surface area contributed by atoms with Gasteiger partial charge in [-0.3, -0.25) is 14.4 Å². The molecule has 23 heavy (non-hydrogen) atoms. The molecule has 3 rings (SSSR count). The predicted octanol–water partition coefficient (Wildman–Crippen LogP) is 1.13. The lowest BCUT2D eigenvalue weighted by molar-refractivity contribution is -0.803. The molecule has 0 saturated carbocycles. The van der Waals surface area contributed by atoms with E-state index in [1.807, 2.05) is 18.2 Å². The van der Waals surface area contributed by atoms with Gasteiger partial charge in [0, 0.05) is 23.1 Å². The first-order valence-corrected chi connectivity index (χ1v) is 6.64. The van der Waals surface area contributed by atoms with Gasteiger partial charge in [-0.1, -0.05) is 30.3 Å². The van der Waals surface area contributed by atoms with E-state index >= 15 is 0 Å². The SMILES string of the molecule is O=C(N/N=C/c1c(-c2ccccc2)no[n+]1[O-])c1cccnc1. The number of benzene rings is 1. The number of aromatic nitrogens is 3. The van der Waals surface area contributed by atoms with Crippen LogP contribution in [0, 0.1) is 5.21 Å². The minimum Gasteiger partial charge on any atom is -0.359 e. The number of rotatable bonds is 4. The molecule has 0 spiro atoms. The van der Waals surface area contributed by atoms with Gasteiger partial charge in [-0.15, -0.1) is 0 Å². The van der Waals surface area contributed by atoms with E-state index in [1.54, 1.807) is 30.5 Å². The largest absolute Gasteiger partial charge is 0.359 e. The number of nitrogens with one attached hydrogen (secondary N) is 1. The van der Waals surface area contributed by atoms with E-state index in [2.05, 4.69) is 25.3 Å². The summed E-state index contributed by atoms with van der Waals surface area (Å²) in [4.78, 5) is 15.9. The van der Waals surface area contributed by atoms with Gasteiger partial charge in [0.25, 0.3) is 11.6 Å². The van der Waals surface area contributed by atoms with Gasteiger partial charge in [-0.05, 0) is 17.0 Å². The Bertz CT molecular complexity index is 831. The third-order valence-corrected chi connectivity index (χ3v) is 2.97. The molecule has 114 valence electrons. The molecule has 3 aromatic rings. The molecule has 2 aromatic heterocycles. The van der Waals surface area contributed by atoms with Crippen LogP contribution in [-0.4, -0.2) is 22.3 Å². The van der Waals surface area contributed by atoms with Gasteiger partial charge >= 0.3 is 0 Å². The average Bonchev–Trinajstić information content (AvgIpc) is 2.97. The molecule has 0 bridgehead atoms. The fourth-order valence-electron chi connectivity index (χ4n) is 1.87. The van der Waals surface area contributed by atoms with Crippen LogP contribution in [0.25, 0.3) is 11.3 Å². The van der Waals surface area contributed by atoms with Crippen LogP contribution in [-0.2, 0) is 0 Å². The van der Waals surface area contributed by atoms with E-state index in [9.17, 15) is 10.0 Å². The van der Waals surface area contributed by atoms with Gasteiger partial charge in [0.15, 0.2) is 0 Å². The Balaban J connectivity index is 1.78. The molecule has 0 aliphatic heterocycles. The van der Waals surface area contributed by atoms with Gasteiger partial charge in [-0.25, -0.2) is 5.43 Å². The van der Waals surface area contributed by atoms with E-state index in [-0.39, 0.29) is 10.6 Å². The minimum atomic E-state index is -0.440. The first-order valence-electron chi connectivity index (χ1n) is 6.64. The Morgan fingerprint density at radius 3 is 2.83 bits per heavy atom. The Hall–Kier alpha value is -3.55. The lowest BCUT2D eigenvalue weighted by Gasteiger charge is -1.98. The molecule has 2 heterocycles. The lowest BCUT2D eigenvalue weighted by atomic mass is 10.1. The smallest absolute Gasteiger partial charge is 0.272 e. The summed E-state index contributed by atoms with van der Waals surface area (Å²) in [6.45, 7) is 0. The van der Waals surface area contributed by atoms with E-state index in [1.165, 1.54) is 12.4 Å². The van der Waals surface area contributed by atoms with Crippen molar-refractivity contribution >= 4 is 12.1 Å². The van der Waals surface area contributed by atoms with Crippen LogP contribution in [0.3, 0.4) is 0 Å². The Kier molecular flexibility index (Phi) is 4.05. The fourth-order valence-corrected chi connectivity index (χ4v) is 1.87. The van der Waals surface area contributed by atoms with Crippen LogP contribution in [0.2, 0.25) is 0 Å². The molecule has 0 unspecified atom stereocenters. The molecule has 1 amide bonds. The van der Waals surface area contributed by atoms with Crippen LogP contribution < -0.4 is 10.3 Å². The molecule has 0 saturated heterocycles.